The molecule has 6 nitrogen and oxygen atoms in total. The van der Waals surface area contributed by atoms with E-state index in [1.54, 1.807) is 0 Å². The molecule has 1 unspecified atom stereocenters. The highest BCUT2D eigenvalue weighted by molar-refractivity contribution is 5.76. The van der Waals surface area contributed by atoms with Gasteiger partial charge in [0.05, 0.1) is 6.54 Å². The van der Waals surface area contributed by atoms with Crippen molar-refractivity contribution in [3.05, 3.63) is 0 Å². The zero-order chi connectivity index (χ0) is 12.7. The van der Waals surface area contributed by atoms with Crippen molar-refractivity contribution in [3.63, 3.8) is 0 Å². The molecule has 1 aliphatic carbocycles. The first-order valence-corrected chi connectivity index (χ1v) is 6.05. The third kappa shape index (κ3) is 5.53. The third-order valence-corrected chi connectivity index (χ3v) is 2.93. The van der Waals surface area contributed by atoms with Crippen molar-refractivity contribution in [2.45, 2.75) is 50.7 Å². The summed E-state index contributed by atoms with van der Waals surface area (Å²) in [5, 5.41) is 22.6. The number of hydrogen-bond acceptors (Lipinski definition) is 3. The van der Waals surface area contributed by atoms with Crippen LogP contribution in [0.2, 0.25) is 0 Å². The Morgan fingerprint density at radius 2 is 1.76 bits per heavy atom. The van der Waals surface area contributed by atoms with Crippen LogP contribution in [0.15, 0.2) is 0 Å². The van der Waals surface area contributed by atoms with E-state index in [0.717, 1.165) is 25.7 Å². The lowest BCUT2D eigenvalue weighted by Crippen LogP contribution is -2.45. The molecule has 4 N–H and O–H groups in total. The molecular weight excluding hydrogens is 224 g/mol. The van der Waals surface area contributed by atoms with Crippen molar-refractivity contribution in [2.24, 2.45) is 0 Å². The molecule has 0 aromatic rings. The van der Waals surface area contributed by atoms with Gasteiger partial charge in [0.15, 0.2) is 6.10 Å². The summed E-state index contributed by atoms with van der Waals surface area (Å²) in [6.07, 6.45) is 5.03. The monoisotopic (exact) mass is 244 g/mol. The van der Waals surface area contributed by atoms with E-state index in [2.05, 4.69) is 10.6 Å². The normalized spacial score (nSPS) is 19.1. The molecule has 0 spiro atoms. The van der Waals surface area contributed by atoms with Crippen molar-refractivity contribution in [1.29, 1.82) is 0 Å². The van der Waals surface area contributed by atoms with Crippen LogP contribution < -0.4 is 10.6 Å². The summed E-state index contributed by atoms with van der Waals surface area (Å²) in [5.41, 5.74) is 0. The second-order valence-electron chi connectivity index (χ2n) is 4.40. The molecule has 0 saturated heterocycles. The van der Waals surface area contributed by atoms with E-state index in [-0.39, 0.29) is 12.6 Å². The van der Waals surface area contributed by atoms with Gasteiger partial charge in [-0.2, -0.15) is 0 Å². The molecule has 0 aliphatic heterocycles. The van der Waals surface area contributed by atoms with Crippen LogP contribution in [0.25, 0.3) is 0 Å². The van der Waals surface area contributed by atoms with Crippen LogP contribution in [0.4, 0.5) is 4.79 Å². The predicted molar refractivity (Wildman–Crippen MR) is 61.7 cm³/mol. The number of nitrogens with one attached hydrogen (secondary N) is 2. The lowest BCUT2D eigenvalue weighted by molar-refractivity contribution is -0.146. The molecular formula is C11H20N2O4. The third-order valence-electron chi connectivity index (χ3n) is 2.93. The fraction of sp³-hybridized carbons (Fsp3) is 0.818. The van der Waals surface area contributed by atoms with E-state index >= 15 is 0 Å². The number of amides is 2. The van der Waals surface area contributed by atoms with Crippen LogP contribution in [0.3, 0.4) is 0 Å². The van der Waals surface area contributed by atoms with Gasteiger partial charge in [-0.3, -0.25) is 0 Å². The Morgan fingerprint density at radius 3 is 2.29 bits per heavy atom. The standard InChI is InChI=1S/C11H20N2O4/c14-9(10(15)16)7-12-11(17)13-8-5-3-1-2-4-6-8/h8-9,14H,1-7H2,(H,15,16)(H2,12,13,17). The first-order chi connectivity index (χ1) is 8.09. The highest BCUT2D eigenvalue weighted by Crippen LogP contribution is 2.16. The molecule has 1 aliphatic rings. The second-order valence-corrected chi connectivity index (χ2v) is 4.40. The number of hydrogen-bond donors (Lipinski definition) is 4. The Bertz CT molecular complexity index is 262. The van der Waals surface area contributed by atoms with Gasteiger partial charge in [-0.15, -0.1) is 0 Å². The zero-order valence-electron chi connectivity index (χ0n) is 9.82. The molecule has 98 valence electrons. The minimum absolute atomic E-state index is 0.166. The van der Waals surface area contributed by atoms with Gasteiger partial charge in [-0.25, -0.2) is 9.59 Å². The van der Waals surface area contributed by atoms with Crippen LogP contribution in [0.5, 0.6) is 0 Å². The van der Waals surface area contributed by atoms with Gasteiger partial charge >= 0.3 is 12.0 Å². The smallest absolute Gasteiger partial charge is 0.334 e. The van der Waals surface area contributed by atoms with Gasteiger partial charge < -0.3 is 20.8 Å². The Labute approximate surface area is 100 Å². The van der Waals surface area contributed by atoms with Crippen LogP contribution in [0.1, 0.15) is 38.5 Å². The minimum atomic E-state index is -1.55. The number of aliphatic hydroxyl groups is 1. The number of rotatable bonds is 4. The maximum Gasteiger partial charge on any atom is 0.334 e. The summed E-state index contributed by atoms with van der Waals surface area (Å²) in [6, 6.07) is -0.239. The summed E-state index contributed by atoms with van der Waals surface area (Å²) >= 11 is 0. The van der Waals surface area contributed by atoms with Gasteiger partial charge in [-0.1, -0.05) is 25.7 Å². The van der Waals surface area contributed by atoms with Gasteiger partial charge in [0.1, 0.15) is 0 Å². The average molecular weight is 244 g/mol. The van der Waals surface area contributed by atoms with E-state index in [9.17, 15) is 9.59 Å². The predicted octanol–water partition coefficient (Wildman–Crippen LogP) is 0.454. The molecule has 17 heavy (non-hydrogen) atoms. The number of carboxylic acids is 1. The topological polar surface area (TPSA) is 98.7 Å². The van der Waals surface area contributed by atoms with Crippen LogP contribution in [0, 0.1) is 0 Å². The number of urea groups is 1. The van der Waals surface area contributed by atoms with E-state index in [1.807, 2.05) is 0 Å². The average Bonchev–Trinajstić information content (AvgIpc) is 2.54. The van der Waals surface area contributed by atoms with Crippen molar-refractivity contribution in [1.82, 2.24) is 10.6 Å². The van der Waals surface area contributed by atoms with Crippen molar-refractivity contribution in [3.8, 4) is 0 Å². The molecule has 0 aromatic carbocycles. The van der Waals surface area contributed by atoms with Crippen molar-refractivity contribution < 1.29 is 19.8 Å². The van der Waals surface area contributed by atoms with Crippen LogP contribution in [-0.2, 0) is 4.79 Å². The lowest BCUT2D eigenvalue weighted by Gasteiger charge is -2.17. The molecule has 2 amide bonds. The first kappa shape index (κ1) is 13.8. The van der Waals surface area contributed by atoms with Crippen LogP contribution in [-0.4, -0.2) is 40.9 Å². The van der Waals surface area contributed by atoms with E-state index < -0.39 is 18.1 Å². The molecule has 6 heteroatoms. The fourth-order valence-electron chi connectivity index (χ4n) is 1.94. The van der Waals surface area contributed by atoms with Crippen molar-refractivity contribution >= 4 is 12.0 Å². The molecule has 1 saturated carbocycles. The summed E-state index contributed by atoms with van der Waals surface area (Å²) in [7, 11) is 0. The van der Waals surface area contributed by atoms with Gasteiger partial charge in [0.2, 0.25) is 0 Å². The molecule has 1 atom stereocenters. The maximum absolute atomic E-state index is 11.4. The highest BCUT2D eigenvalue weighted by atomic mass is 16.4. The minimum Gasteiger partial charge on any atom is -0.479 e. The summed E-state index contributed by atoms with van der Waals surface area (Å²) in [5.74, 6) is -1.33. The zero-order valence-corrected chi connectivity index (χ0v) is 9.82. The first-order valence-electron chi connectivity index (χ1n) is 6.05. The second kappa shape index (κ2) is 7.11. The molecule has 0 radical (unpaired) electrons. The Hall–Kier alpha value is -1.30. The van der Waals surface area contributed by atoms with E-state index in [0.29, 0.717) is 0 Å². The van der Waals surface area contributed by atoms with Crippen LogP contribution >= 0.6 is 0 Å². The summed E-state index contributed by atoms with van der Waals surface area (Å²) in [4.78, 5) is 21.7. The molecule has 0 aromatic heterocycles. The largest absolute Gasteiger partial charge is 0.479 e. The lowest BCUT2D eigenvalue weighted by atomic mass is 10.1. The molecule has 1 fully saturated rings. The molecule has 0 bridgehead atoms. The number of aliphatic hydroxyl groups excluding tert-OH is 1. The summed E-state index contributed by atoms with van der Waals surface area (Å²) < 4.78 is 0. The van der Waals surface area contributed by atoms with E-state index in [4.69, 9.17) is 10.2 Å². The fourth-order valence-corrected chi connectivity index (χ4v) is 1.94. The molecule has 0 heterocycles. The van der Waals surface area contributed by atoms with Gasteiger partial charge in [0.25, 0.3) is 0 Å². The number of carboxylic acid groups (broad SMARTS) is 1. The number of aliphatic carboxylic acids is 1. The van der Waals surface area contributed by atoms with Gasteiger partial charge in [-0.05, 0) is 12.8 Å². The van der Waals surface area contributed by atoms with E-state index in [1.165, 1.54) is 12.8 Å². The Kier molecular flexibility index (Phi) is 5.76. The SMILES string of the molecule is O=C(NCC(O)C(=O)O)NC1CCCCCC1. The van der Waals surface area contributed by atoms with Crippen molar-refractivity contribution in [2.75, 3.05) is 6.54 Å². The maximum atomic E-state index is 11.4. The Morgan fingerprint density at radius 1 is 1.18 bits per heavy atom. The number of carbonyl (C=O) groups excluding carboxylic acids is 1. The summed E-state index contributed by atoms with van der Waals surface area (Å²) in [6.45, 7) is -0.270. The quantitative estimate of drug-likeness (QED) is 0.540. The number of carbonyl (C=O) groups is 2. The van der Waals surface area contributed by atoms with Gasteiger partial charge in [0, 0.05) is 6.04 Å². The molecule has 1 rings (SSSR count). The highest BCUT2D eigenvalue weighted by Gasteiger charge is 2.17. The Balaban J connectivity index is 2.21.